The SMILES string of the molecule is C/C=C\c1ccc2n(c1=O)C[C@H]1[C@H](CO)[C@@H](C(=O)Nc3ccccc3)[C@@H]2N1C(=O)CC. The van der Waals surface area contributed by atoms with E-state index in [0.717, 1.165) is 0 Å². The van der Waals surface area contributed by atoms with E-state index in [2.05, 4.69) is 5.32 Å². The minimum atomic E-state index is -0.661. The average Bonchev–Trinajstić information content (AvgIpc) is 3.02. The van der Waals surface area contributed by atoms with Gasteiger partial charge in [-0.3, -0.25) is 14.4 Å². The number of benzene rings is 1. The van der Waals surface area contributed by atoms with Gasteiger partial charge in [0.2, 0.25) is 11.8 Å². The number of anilines is 1. The van der Waals surface area contributed by atoms with Gasteiger partial charge in [0.05, 0.1) is 18.0 Å². The maximum Gasteiger partial charge on any atom is 0.258 e. The van der Waals surface area contributed by atoms with Crippen molar-refractivity contribution in [2.24, 2.45) is 11.8 Å². The van der Waals surface area contributed by atoms with E-state index in [1.165, 1.54) is 0 Å². The zero-order valence-electron chi connectivity index (χ0n) is 17.7. The van der Waals surface area contributed by atoms with Crippen molar-refractivity contribution in [3.8, 4) is 0 Å². The number of carbonyl (C=O) groups excluding carboxylic acids is 2. The number of hydrogen-bond donors (Lipinski definition) is 2. The lowest BCUT2D eigenvalue weighted by atomic mass is 9.86. The Morgan fingerprint density at radius 3 is 2.58 bits per heavy atom. The number of fused-ring (bicyclic) bond motifs is 4. The molecule has 0 aliphatic carbocycles. The predicted octanol–water partition coefficient (Wildman–Crippen LogP) is 2.42. The number of nitrogens with zero attached hydrogens (tertiary/aromatic N) is 2. The van der Waals surface area contributed by atoms with E-state index in [0.29, 0.717) is 23.4 Å². The van der Waals surface area contributed by atoms with Crippen molar-refractivity contribution in [1.29, 1.82) is 0 Å². The van der Waals surface area contributed by atoms with Gasteiger partial charge in [-0.2, -0.15) is 0 Å². The summed E-state index contributed by atoms with van der Waals surface area (Å²) in [5.74, 6) is -1.47. The van der Waals surface area contributed by atoms with Crippen LogP contribution in [0.1, 0.15) is 37.6 Å². The number of nitrogens with one attached hydrogen (secondary N) is 1. The Balaban J connectivity index is 1.82. The summed E-state index contributed by atoms with van der Waals surface area (Å²) in [5.41, 5.74) is 1.71. The fourth-order valence-corrected chi connectivity index (χ4v) is 5.00. The van der Waals surface area contributed by atoms with Crippen LogP contribution in [0.5, 0.6) is 0 Å². The van der Waals surface area contributed by atoms with Crippen LogP contribution < -0.4 is 10.9 Å². The summed E-state index contributed by atoms with van der Waals surface area (Å²) in [6.07, 6.45) is 3.85. The molecule has 162 valence electrons. The molecular formula is C24H27N3O4. The molecule has 1 fully saturated rings. The van der Waals surface area contributed by atoms with Gasteiger partial charge in [-0.1, -0.05) is 37.3 Å². The summed E-state index contributed by atoms with van der Waals surface area (Å²) in [6.45, 7) is 3.65. The second kappa shape index (κ2) is 8.51. The van der Waals surface area contributed by atoms with Crippen LogP contribution in [0.3, 0.4) is 0 Å². The minimum absolute atomic E-state index is 0.0836. The molecule has 0 unspecified atom stereocenters. The van der Waals surface area contributed by atoms with E-state index < -0.39 is 23.9 Å². The van der Waals surface area contributed by atoms with Crippen LogP contribution in [-0.4, -0.2) is 39.0 Å². The summed E-state index contributed by atoms with van der Waals surface area (Å²) >= 11 is 0. The number of pyridine rings is 1. The van der Waals surface area contributed by atoms with Crippen LogP contribution in [0.2, 0.25) is 0 Å². The molecule has 2 aromatic rings. The summed E-state index contributed by atoms with van der Waals surface area (Å²) in [7, 11) is 0. The molecule has 1 saturated heterocycles. The van der Waals surface area contributed by atoms with Gasteiger partial charge < -0.3 is 19.9 Å². The molecule has 2 bridgehead atoms. The monoisotopic (exact) mass is 421 g/mol. The normalized spacial score (nSPS) is 24.3. The van der Waals surface area contributed by atoms with E-state index in [1.54, 1.807) is 46.7 Å². The number of hydrogen-bond acceptors (Lipinski definition) is 4. The third-order valence-corrected chi connectivity index (χ3v) is 6.35. The van der Waals surface area contributed by atoms with Crippen molar-refractivity contribution < 1.29 is 14.7 Å². The summed E-state index contributed by atoms with van der Waals surface area (Å²) in [5, 5.41) is 13.2. The number of amides is 2. The summed E-state index contributed by atoms with van der Waals surface area (Å²) in [4.78, 5) is 41.1. The van der Waals surface area contributed by atoms with Crippen molar-refractivity contribution in [3.05, 3.63) is 70.2 Å². The standard InChI is InChI=1S/C24H27N3O4/c1-3-8-15-11-12-18-22-21(23(30)25-16-9-6-5-7-10-16)17(14-28)19(13-26(18)24(15)31)27(22)20(29)4-2/h3,5-12,17,19,21-22,28H,4,13-14H2,1-2H3,(H,25,30)/b8-3-/t17-,19-,21+,22+/m0/s1. The molecule has 0 radical (unpaired) electrons. The molecule has 1 aromatic carbocycles. The number of para-hydroxylation sites is 1. The fourth-order valence-electron chi connectivity index (χ4n) is 5.00. The third-order valence-electron chi connectivity index (χ3n) is 6.35. The van der Waals surface area contributed by atoms with Crippen LogP contribution in [0, 0.1) is 11.8 Å². The van der Waals surface area contributed by atoms with Crippen LogP contribution in [0.25, 0.3) is 6.08 Å². The predicted molar refractivity (Wildman–Crippen MR) is 118 cm³/mol. The molecule has 2 aliphatic heterocycles. The summed E-state index contributed by atoms with van der Waals surface area (Å²) in [6, 6.07) is 11.7. The van der Waals surface area contributed by atoms with E-state index in [9.17, 15) is 19.5 Å². The first kappa shape index (κ1) is 21.1. The molecule has 4 atom stereocenters. The maximum absolute atomic E-state index is 13.4. The van der Waals surface area contributed by atoms with E-state index in [1.807, 2.05) is 31.2 Å². The zero-order chi connectivity index (χ0) is 22.1. The van der Waals surface area contributed by atoms with E-state index in [4.69, 9.17) is 0 Å². The first-order valence-electron chi connectivity index (χ1n) is 10.7. The van der Waals surface area contributed by atoms with Gasteiger partial charge in [0.1, 0.15) is 0 Å². The quantitative estimate of drug-likeness (QED) is 0.776. The Labute approximate surface area is 181 Å². The first-order chi connectivity index (χ1) is 15.0. The molecular weight excluding hydrogens is 394 g/mol. The number of aliphatic hydroxyl groups is 1. The van der Waals surface area contributed by atoms with Gasteiger partial charge in [0.15, 0.2) is 0 Å². The number of aliphatic hydroxyl groups excluding tert-OH is 1. The lowest BCUT2D eigenvalue weighted by molar-refractivity contribution is -0.136. The molecule has 0 saturated carbocycles. The topological polar surface area (TPSA) is 91.6 Å². The highest BCUT2D eigenvalue weighted by Gasteiger charge is 2.57. The molecule has 7 nitrogen and oxygen atoms in total. The number of allylic oxidation sites excluding steroid dienone is 1. The molecule has 2 aliphatic rings. The van der Waals surface area contributed by atoms with Crippen molar-refractivity contribution in [2.75, 3.05) is 11.9 Å². The van der Waals surface area contributed by atoms with Gasteiger partial charge in [0, 0.05) is 42.4 Å². The molecule has 31 heavy (non-hydrogen) atoms. The van der Waals surface area contributed by atoms with Gasteiger partial charge in [-0.25, -0.2) is 0 Å². The van der Waals surface area contributed by atoms with Gasteiger partial charge in [0.25, 0.3) is 5.56 Å². The van der Waals surface area contributed by atoms with Crippen molar-refractivity contribution in [1.82, 2.24) is 9.47 Å². The van der Waals surface area contributed by atoms with Gasteiger partial charge in [-0.05, 0) is 31.2 Å². The minimum Gasteiger partial charge on any atom is -0.396 e. The molecule has 0 spiro atoms. The van der Waals surface area contributed by atoms with Crippen LogP contribution in [0.15, 0.2) is 53.3 Å². The second-order valence-electron chi connectivity index (χ2n) is 8.02. The number of aromatic nitrogens is 1. The first-order valence-corrected chi connectivity index (χ1v) is 10.7. The fraction of sp³-hybridized carbons (Fsp3) is 0.375. The van der Waals surface area contributed by atoms with Crippen LogP contribution in [0.4, 0.5) is 5.69 Å². The Morgan fingerprint density at radius 2 is 1.94 bits per heavy atom. The van der Waals surface area contributed by atoms with Gasteiger partial charge in [-0.15, -0.1) is 0 Å². The highest BCUT2D eigenvalue weighted by molar-refractivity contribution is 5.94. The molecule has 1 aromatic heterocycles. The molecule has 2 N–H and O–H groups in total. The average molecular weight is 421 g/mol. The van der Waals surface area contributed by atoms with Crippen molar-refractivity contribution in [3.63, 3.8) is 0 Å². The largest absolute Gasteiger partial charge is 0.396 e. The second-order valence-corrected chi connectivity index (χ2v) is 8.02. The molecule has 7 heteroatoms. The zero-order valence-corrected chi connectivity index (χ0v) is 17.7. The Hall–Kier alpha value is -3.19. The highest BCUT2D eigenvalue weighted by atomic mass is 16.3. The maximum atomic E-state index is 13.4. The van der Waals surface area contributed by atoms with Crippen molar-refractivity contribution in [2.45, 2.75) is 38.9 Å². The lowest BCUT2D eigenvalue weighted by Crippen LogP contribution is -2.49. The number of carbonyl (C=O) groups is 2. The van der Waals surface area contributed by atoms with E-state index >= 15 is 0 Å². The smallest absolute Gasteiger partial charge is 0.258 e. The molecule has 4 rings (SSSR count). The van der Waals surface area contributed by atoms with Crippen LogP contribution >= 0.6 is 0 Å². The molecule has 3 heterocycles. The van der Waals surface area contributed by atoms with E-state index in [-0.39, 0.29) is 30.5 Å². The third kappa shape index (κ3) is 3.49. The Kier molecular flexibility index (Phi) is 5.78. The van der Waals surface area contributed by atoms with Crippen LogP contribution in [-0.2, 0) is 16.1 Å². The molecule has 2 amide bonds. The highest BCUT2D eigenvalue weighted by Crippen LogP contribution is 2.48. The summed E-state index contributed by atoms with van der Waals surface area (Å²) < 4.78 is 1.67. The Morgan fingerprint density at radius 1 is 1.19 bits per heavy atom. The van der Waals surface area contributed by atoms with Crippen molar-refractivity contribution >= 4 is 23.6 Å². The Bertz CT molecular complexity index is 1080. The van der Waals surface area contributed by atoms with Gasteiger partial charge >= 0.3 is 0 Å². The number of rotatable bonds is 5. The lowest BCUT2D eigenvalue weighted by Gasteiger charge is -2.38.